The van der Waals surface area contributed by atoms with E-state index in [4.69, 9.17) is 5.73 Å². The molecular weight excluding hydrogens is 413 g/mol. The van der Waals surface area contributed by atoms with Crippen molar-refractivity contribution < 1.29 is 4.79 Å². The fourth-order valence-electron chi connectivity index (χ4n) is 1.61. The van der Waals surface area contributed by atoms with Crippen molar-refractivity contribution in [3.05, 3.63) is 32.7 Å². The smallest absolute Gasteiger partial charge is 0.267 e. The van der Waals surface area contributed by atoms with Gasteiger partial charge in [0.25, 0.3) is 5.91 Å². The molecule has 0 spiro atoms. The summed E-state index contributed by atoms with van der Waals surface area (Å²) in [5, 5.41) is 2.84. The van der Waals surface area contributed by atoms with Gasteiger partial charge in [-0.15, -0.1) is 12.4 Å². The lowest BCUT2D eigenvalue weighted by Crippen LogP contribution is -2.25. The van der Waals surface area contributed by atoms with Crippen LogP contribution in [0.3, 0.4) is 0 Å². The minimum Gasteiger partial charge on any atom is -0.369 e. The van der Waals surface area contributed by atoms with E-state index < -0.39 is 0 Å². The van der Waals surface area contributed by atoms with Crippen LogP contribution in [0.25, 0.3) is 0 Å². The van der Waals surface area contributed by atoms with Gasteiger partial charge in [0.15, 0.2) is 5.95 Å². The van der Waals surface area contributed by atoms with Crippen LogP contribution in [0, 0.1) is 0 Å². The molecule has 2 aromatic heterocycles. The summed E-state index contributed by atoms with van der Waals surface area (Å²) in [6.45, 7) is 0.589. The standard InChI is InChI=1S/C11H13Br2N5O.ClH/c12-7-4-8(18-9(7)13)10(19)15-3-1-2-6-5-16-11(14)17-6;/h4-5,18H,1-3H2,(H,15,19)(H3,14,16,17);1H. The molecule has 0 aliphatic carbocycles. The number of aromatic nitrogens is 3. The summed E-state index contributed by atoms with van der Waals surface area (Å²) < 4.78 is 1.58. The van der Waals surface area contributed by atoms with Crippen LogP contribution in [0.4, 0.5) is 5.95 Å². The second kappa shape index (κ2) is 7.70. The molecule has 20 heavy (non-hydrogen) atoms. The molecule has 0 aromatic carbocycles. The first-order valence-corrected chi connectivity index (χ1v) is 7.26. The molecule has 0 saturated carbocycles. The van der Waals surface area contributed by atoms with Crippen LogP contribution in [0.5, 0.6) is 0 Å². The summed E-state index contributed by atoms with van der Waals surface area (Å²) >= 11 is 6.61. The summed E-state index contributed by atoms with van der Waals surface area (Å²) in [6.07, 6.45) is 3.31. The minimum atomic E-state index is -0.129. The molecule has 0 bridgehead atoms. The number of amides is 1. The molecule has 0 aliphatic heterocycles. The fourth-order valence-corrected chi connectivity index (χ4v) is 2.26. The molecule has 6 nitrogen and oxygen atoms in total. The number of nitrogens with two attached hydrogens (primary N) is 1. The Bertz CT molecular complexity index is 564. The second-order valence-electron chi connectivity index (χ2n) is 4.00. The highest BCUT2D eigenvalue weighted by molar-refractivity contribution is 9.13. The second-order valence-corrected chi connectivity index (χ2v) is 5.65. The number of nitrogens with one attached hydrogen (secondary N) is 3. The quantitative estimate of drug-likeness (QED) is 0.552. The summed E-state index contributed by atoms with van der Waals surface area (Å²) in [7, 11) is 0. The number of hydrogen-bond donors (Lipinski definition) is 4. The minimum absolute atomic E-state index is 0. The number of aryl methyl sites for hydroxylation is 1. The van der Waals surface area contributed by atoms with Crippen molar-refractivity contribution in [2.24, 2.45) is 0 Å². The van der Waals surface area contributed by atoms with Gasteiger partial charge >= 0.3 is 0 Å². The van der Waals surface area contributed by atoms with Gasteiger partial charge in [-0.3, -0.25) is 4.79 Å². The Balaban J connectivity index is 0.00000200. The summed E-state index contributed by atoms with van der Waals surface area (Å²) in [4.78, 5) is 21.6. The number of carbonyl (C=O) groups excluding carboxylic acids is 1. The van der Waals surface area contributed by atoms with Crippen LogP contribution in [0.2, 0.25) is 0 Å². The van der Waals surface area contributed by atoms with Crippen LogP contribution in [-0.2, 0) is 6.42 Å². The number of H-pyrrole nitrogens is 2. The highest BCUT2D eigenvalue weighted by Gasteiger charge is 2.10. The van der Waals surface area contributed by atoms with E-state index in [-0.39, 0.29) is 18.3 Å². The molecule has 0 radical (unpaired) electrons. The first-order valence-electron chi connectivity index (χ1n) is 5.68. The van der Waals surface area contributed by atoms with Gasteiger partial charge in [0, 0.05) is 12.2 Å². The molecule has 1 amide bonds. The fraction of sp³-hybridized carbons (Fsp3) is 0.273. The zero-order valence-electron chi connectivity index (χ0n) is 10.4. The van der Waals surface area contributed by atoms with Crippen LogP contribution in [0.1, 0.15) is 22.6 Å². The van der Waals surface area contributed by atoms with Gasteiger partial charge < -0.3 is 21.0 Å². The summed E-state index contributed by atoms with van der Waals surface area (Å²) in [5.74, 6) is 0.288. The van der Waals surface area contributed by atoms with E-state index in [0.717, 1.165) is 27.6 Å². The Morgan fingerprint density at radius 3 is 2.70 bits per heavy atom. The van der Waals surface area contributed by atoms with Gasteiger partial charge in [0.1, 0.15) is 5.69 Å². The van der Waals surface area contributed by atoms with Crippen molar-refractivity contribution in [2.75, 3.05) is 12.3 Å². The van der Waals surface area contributed by atoms with Crippen molar-refractivity contribution in [1.82, 2.24) is 20.3 Å². The van der Waals surface area contributed by atoms with Crippen LogP contribution >= 0.6 is 44.3 Å². The van der Waals surface area contributed by atoms with Crippen LogP contribution in [0.15, 0.2) is 21.3 Å². The van der Waals surface area contributed by atoms with E-state index in [2.05, 4.69) is 52.1 Å². The zero-order valence-corrected chi connectivity index (χ0v) is 14.4. The lowest BCUT2D eigenvalue weighted by atomic mass is 10.2. The van der Waals surface area contributed by atoms with Gasteiger partial charge in [-0.2, -0.15) is 0 Å². The molecule has 0 fully saturated rings. The van der Waals surface area contributed by atoms with Crippen molar-refractivity contribution >= 4 is 56.1 Å². The molecule has 2 rings (SSSR count). The van der Waals surface area contributed by atoms with E-state index in [9.17, 15) is 4.79 Å². The maximum atomic E-state index is 11.8. The number of aromatic amines is 2. The average Bonchev–Trinajstić information content (AvgIpc) is 2.92. The monoisotopic (exact) mass is 425 g/mol. The highest BCUT2D eigenvalue weighted by atomic mass is 79.9. The van der Waals surface area contributed by atoms with E-state index in [1.807, 2.05) is 0 Å². The van der Waals surface area contributed by atoms with E-state index in [0.29, 0.717) is 18.2 Å². The number of imidazole rings is 1. The Kier molecular flexibility index (Phi) is 6.57. The Morgan fingerprint density at radius 1 is 1.40 bits per heavy atom. The number of rotatable bonds is 5. The lowest BCUT2D eigenvalue weighted by molar-refractivity contribution is 0.0948. The maximum absolute atomic E-state index is 11.8. The van der Waals surface area contributed by atoms with Gasteiger partial charge in [-0.1, -0.05) is 0 Å². The van der Waals surface area contributed by atoms with Crippen molar-refractivity contribution in [1.29, 1.82) is 0 Å². The number of halogens is 3. The number of nitrogen functional groups attached to an aromatic ring is 1. The van der Waals surface area contributed by atoms with Crippen LogP contribution in [-0.4, -0.2) is 27.4 Å². The number of nitrogens with zero attached hydrogens (tertiary/aromatic N) is 1. The highest BCUT2D eigenvalue weighted by Crippen LogP contribution is 2.22. The number of anilines is 1. The van der Waals surface area contributed by atoms with E-state index in [1.54, 1.807) is 12.3 Å². The Morgan fingerprint density at radius 2 is 2.15 bits per heavy atom. The predicted molar refractivity (Wildman–Crippen MR) is 87.1 cm³/mol. The van der Waals surface area contributed by atoms with Gasteiger partial charge in [-0.25, -0.2) is 4.98 Å². The molecule has 2 heterocycles. The molecular formula is C11H14Br2ClN5O. The number of hydrogen-bond acceptors (Lipinski definition) is 3. The molecule has 9 heteroatoms. The average molecular weight is 428 g/mol. The summed E-state index contributed by atoms with van der Waals surface area (Å²) in [5.41, 5.74) is 6.96. The Labute approximate surface area is 139 Å². The predicted octanol–water partition coefficient (Wildman–Crippen LogP) is 2.63. The Hall–Kier alpha value is -0.990. The maximum Gasteiger partial charge on any atom is 0.267 e. The molecule has 0 unspecified atom stereocenters. The van der Waals surface area contributed by atoms with Crippen molar-refractivity contribution in [2.45, 2.75) is 12.8 Å². The molecule has 2 aromatic rings. The van der Waals surface area contributed by atoms with Gasteiger partial charge in [0.05, 0.1) is 15.3 Å². The van der Waals surface area contributed by atoms with E-state index >= 15 is 0 Å². The molecule has 0 atom stereocenters. The molecule has 110 valence electrons. The van der Waals surface area contributed by atoms with Crippen LogP contribution < -0.4 is 11.1 Å². The van der Waals surface area contributed by atoms with Crippen molar-refractivity contribution in [3.63, 3.8) is 0 Å². The zero-order chi connectivity index (χ0) is 13.8. The third kappa shape index (κ3) is 4.53. The third-order valence-electron chi connectivity index (χ3n) is 2.53. The van der Waals surface area contributed by atoms with E-state index in [1.165, 1.54) is 0 Å². The van der Waals surface area contributed by atoms with Gasteiger partial charge in [-0.05, 0) is 50.8 Å². The molecule has 0 saturated heterocycles. The van der Waals surface area contributed by atoms with Gasteiger partial charge in [0.2, 0.25) is 0 Å². The lowest BCUT2D eigenvalue weighted by Gasteiger charge is -2.02. The topological polar surface area (TPSA) is 99.6 Å². The largest absolute Gasteiger partial charge is 0.369 e. The number of carbonyl (C=O) groups is 1. The van der Waals surface area contributed by atoms with Crippen molar-refractivity contribution in [3.8, 4) is 0 Å². The first-order chi connectivity index (χ1) is 9.06. The first kappa shape index (κ1) is 17.1. The summed E-state index contributed by atoms with van der Waals surface area (Å²) in [6, 6.07) is 1.73. The normalized spacial score (nSPS) is 10.1. The molecule has 0 aliphatic rings. The molecule has 5 N–H and O–H groups in total. The third-order valence-corrected chi connectivity index (χ3v) is 4.31. The SMILES string of the molecule is Cl.Nc1ncc(CCCNC(=O)c2cc(Br)c(Br)[nH]2)[nH]1.